The van der Waals surface area contributed by atoms with Crippen LogP contribution in [0.1, 0.15) is 85.4 Å². The minimum Gasteiger partial charge on any atom is -0.333 e. The van der Waals surface area contributed by atoms with Gasteiger partial charge in [0.1, 0.15) is 5.82 Å². The van der Waals surface area contributed by atoms with Gasteiger partial charge in [0.05, 0.1) is 17.9 Å². The summed E-state index contributed by atoms with van der Waals surface area (Å²) in [5.41, 5.74) is 2.74. The molecule has 0 aliphatic heterocycles. The summed E-state index contributed by atoms with van der Waals surface area (Å²) in [6, 6.07) is 9.98. The third-order valence-corrected chi connectivity index (χ3v) is 5.97. The molecule has 1 aromatic heterocycles. The van der Waals surface area contributed by atoms with Gasteiger partial charge in [0.25, 0.3) is 0 Å². The molecule has 6 heteroatoms. The van der Waals surface area contributed by atoms with E-state index >= 15 is 0 Å². The van der Waals surface area contributed by atoms with Crippen molar-refractivity contribution >= 4 is 17.6 Å². The minimum absolute atomic E-state index is 0.0307. The highest BCUT2D eigenvalue weighted by atomic mass is 16.2. The van der Waals surface area contributed by atoms with Gasteiger partial charge >= 0.3 is 0 Å². The van der Waals surface area contributed by atoms with Crippen LogP contribution >= 0.6 is 0 Å². The smallest absolute Gasteiger partial charge is 0.245 e. The van der Waals surface area contributed by atoms with Crippen LogP contribution in [0.5, 0.6) is 0 Å². The van der Waals surface area contributed by atoms with Crippen molar-refractivity contribution in [2.75, 3.05) is 18.4 Å². The summed E-state index contributed by atoms with van der Waals surface area (Å²) in [6.07, 6.45) is 3.76. The van der Waals surface area contributed by atoms with Crippen molar-refractivity contribution in [3.05, 3.63) is 41.6 Å². The molecule has 2 amide bonds. The first-order chi connectivity index (χ1) is 16.0. The van der Waals surface area contributed by atoms with Crippen molar-refractivity contribution in [2.24, 2.45) is 11.8 Å². The summed E-state index contributed by atoms with van der Waals surface area (Å²) in [5, 5.41) is 7.85. The lowest BCUT2D eigenvalue weighted by Gasteiger charge is -2.28. The average Bonchev–Trinajstić information content (AvgIpc) is 3.17. The zero-order chi connectivity index (χ0) is 25.5. The van der Waals surface area contributed by atoms with Crippen molar-refractivity contribution in [2.45, 2.75) is 86.5 Å². The lowest BCUT2D eigenvalue weighted by Crippen LogP contribution is -2.43. The number of nitrogens with zero attached hydrogens (tertiary/aromatic N) is 3. The van der Waals surface area contributed by atoms with Gasteiger partial charge < -0.3 is 10.2 Å². The summed E-state index contributed by atoms with van der Waals surface area (Å²) in [7, 11) is 0. The van der Waals surface area contributed by atoms with E-state index in [1.165, 1.54) is 0 Å². The second-order valence-electron chi connectivity index (χ2n) is 10.8. The maximum atomic E-state index is 13.3. The molecule has 188 valence electrons. The molecule has 1 N–H and O–H groups in total. The van der Waals surface area contributed by atoms with Crippen molar-refractivity contribution in [1.82, 2.24) is 14.7 Å². The van der Waals surface area contributed by atoms with Crippen molar-refractivity contribution in [3.63, 3.8) is 0 Å². The number of rotatable bonds is 11. The van der Waals surface area contributed by atoms with Crippen LogP contribution in [-0.2, 0) is 15.0 Å². The van der Waals surface area contributed by atoms with Crippen molar-refractivity contribution < 1.29 is 9.59 Å². The van der Waals surface area contributed by atoms with Crippen LogP contribution in [0.25, 0.3) is 5.69 Å². The zero-order valence-corrected chi connectivity index (χ0v) is 22.4. The molecule has 6 nitrogen and oxygen atoms in total. The number of carbonyl (C=O) groups is 2. The van der Waals surface area contributed by atoms with Gasteiger partial charge in [-0.1, -0.05) is 73.4 Å². The van der Waals surface area contributed by atoms with Gasteiger partial charge in [-0.3, -0.25) is 9.59 Å². The Kier molecular flexibility index (Phi) is 9.90. The van der Waals surface area contributed by atoms with Crippen LogP contribution in [0.15, 0.2) is 30.3 Å². The summed E-state index contributed by atoms with van der Waals surface area (Å²) in [6.45, 7) is 17.3. The molecule has 0 saturated carbocycles. The molecule has 0 bridgehead atoms. The fraction of sp³-hybridized carbons (Fsp3) is 0.607. The molecule has 0 spiro atoms. The maximum Gasteiger partial charge on any atom is 0.245 e. The number of amides is 2. The Morgan fingerprint density at radius 1 is 1.15 bits per heavy atom. The van der Waals surface area contributed by atoms with Crippen LogP contribution in [-0.4, -0.2) is 39.6 Å². The standard InChI is InChI=1S/C28H44N4O2/c1-9-11-14-22(10-2)27(34)31(18-20(3)4)19-26(33)29-25-17-24(28(6,7)8)30-32(25)23-15-12-13-21(5)16-23/h12-13,15-17,20,22H,9-11,14,18-19H2,1-8H3,(H,29,33). The quantitative estimate of drug-likeness (QED) is 0.432. The number of anilines is 1. The third-order valence-electron chi connectivity index (χ3n) is 5.97. The summed E-state index contributed by atoms with van der Waals surface area (Å²) in [4.78, 5) is 28.2. The Morgan fingerprint density at radius 2 is 1.85 bits per heavy atom. The molecular weight excluding hydrogens is 424 g/mol. The molecule has 0 aliphatic rings. The number of benzene rings is 1. The second kappa shape index (κ2) is 12.2. The number of unbranched alkanes of at least 4 members (excludes halogenated alkanes) is 1. The fourth-order valence-corrected chi connectivity index (χ4v) is 4.03. The maximum absolute atomic E-state index is 13.3. The van der Waals surface area contributed by atoms with E-state index < -0.39 is 0 Å². The van der Waals surface area contributed by atoms with Gasteiger partial charge in [-0.25, -0.2) is 4.68 Å². The Balaban J connectivity index is 2.29. The minimum atomic E-state index is -0.200. The predicted octanol–water partition coefficient (Wildman–Crippen LogP) is 6.12. The lowest BCUT2D eigenvalue weighted by molar-refractivity contribution is -0.139. The van der Waals surface area contributed by atoms with E-state index in [9.17, 15) is 9.59 Å². The van der Waals surface area contributed by atoms with E-state index in [0.29, 0.717) is 12.4 Å². The van der Waals surface area contributed by atoms with Crippen molar-refractivity contribution in [3.8, 4) is 5.69 Å². The number of hydrogen-bond acceptors (Lipinski definition) is 3. The van der Waals surface area contributed by atoms with E-state index in [4.69, 9.17) is 5.10 Å². The molecule has 1 atom stereocenters. The molecule has 0 radical (unpaired) electrons. The molecule has 2 rings (SSSR count). The van der Waals surface area contributed by atoms with Gasteiger partial charge in [0, 0.05) is 23.9 Å². The number of aryl methyl sites for hydroxylation is 1. The van der Waals surface area contributed by atoms with E-state index in [1.54, 1.807) is 9.58 Å². The van der Waals surface area contributed by atoms with Gasteiger partial charge in [-0.15, -0.1) is 0 Å². The summed E-state index contributed by atoms with van der Waals surface area (Å²) in [5.74, 6) is 0.758. The Hall–Kier alpha value is -2.63. The number of aromatic nitrogens is 2. The highest BCUT2D eigenvalue weighted by molar-refractivity contribution is 5.94. The molecule has 1 aromatic carbocycles. The largest absolute Gasteiger partial charge is 0.333 e. The predicted molar refractivity (Wildman–Crippen MR) is 140 cm³/mol. The first-order valence-corrected chi connectivity index (χ1v) is 12.7. The second-order valence-corrected chi connectivity index (χ2v) is 10.8. The monoisotopic (exact) mass is 468 g/mol. The topological polar surface area (TPSA) is 67.2 Å². The Morgan fingerprint density at radius 3 is 2.41 bits per heavy atom. The average molecular weight is 469 g/mol. The van der Waals surface area contributed by atoms with E-state index in [2.05, 4.69) is 53.8 Å². The fourth-order valence-electron chi connectivity index (χ4n) is 4.03. The molecule has 0 fully saturated rings. The highest BCUT2D eigenvalue weighted by Gasteiger charge is 2.26. The van der Waals surface area contributed by atoms with Gasteiger partial charge in [0.2, 0.25) is 11.8 Å². The Bertz CT molecular complexity index is 956. The van der Waals surface area contributed by atoms with Gasteiger partial charge in [-0.05, 0) is 43.4 Å². The normalized spacial score (nSPS) is 12.6. The Labute approximate surface area is 206 Å². The van der Waals surface area contributed by atoms with E-state index in [0.717, 1.165) is 42.6 Å². The molecule has 1 unspecified atom stereocenters. The van der Waals surface area contributed by atoms with Crippen LogP contribution in [0.3, 0.4) is 0 Å². The van der Waals surface area contributed by atoms with Crippen LogP contribution in [0.4, 0.5) is 5.82 Å². The third kappa shape index (κ3) is 7.71. The van der Waals surface area contributed by atoms with E-state index in [1.807, 2.05) is 37.3 Å². The van der Waals surface area contributed by atoms with Gasteiger partial charge in [0.15, 0.2) is 0 Å². The molecule has 0 saturated heterocycles. The SMILES string of the molecule is CCCCC(CC)C(=O)N(CC(=O)Nc1cc(C(C)(C)C)nn1-c1cccc(C)c1)CC(C)C. The number of hydrogen-bond donors (Lipinski definition) is 1. The summed E-state index contributed by atoms with van der Waals surface area (Å²) >= 11 is 0. The molecule has 2 aromatic rings. The zero-order valence-electron chi connectivity index (χ0n) is 22.4. The molecular formula is C28H44N4O2. The number of nitrogens with one attached hydrogen (secondary N) is 1. The van der Waals surface area contributed by atoms with E-state index in [-0.39, 0.29) is 35.6 Å². The highest BCUT2D eigenvalue weighted by Crippen LogP contribution is 2.27. The first kappa shape index (κ1) is 27.6. The van der Waals surface area contributed by atoms with Crippen molar-refractivity contribution in [1.29, 1.82) is 0 Å². The molecule has 34 heavy (non-hydrogen) atoms. The van der Waals surface area contributed by atoms with Crippen LogP contribution in [0, 0.1) is 18.8 Å². The first-order valence-electron chi connectivity index (χ1n) is 12.7. The lowest BCUT2D eigenvalue weighted by atomic mass is 9.92. The summed E-state index contributed by atoms with van der Waals surface area (Å²) < 4.78 is 1.79. The van der Waals surface area contributed by atoms with Crippen LogP contribution < -0.4 is 5.32 Å². The molecule has 0 aliphatic carbocycles. The van der Waals surface area contributed by atoms with Crippen LogP contribution in [0.2, 0.25) is 0 Å². The number of carbonyl (C=O) groups excluding carboxylic acids is 2. The molecule has 1 heterocycles. The van der Waals surface area contributed by atoms with Gasteiger partial charge in [-0.2, -0.15) is 5.10 Å².